The maximum atomic E-state index is 13.3. The van der Waals surface area contributed by atoms with Gasteiger partial charge in [0.1, 0.15) is 11.6 Å². The Kier molecular flexibility index (Phi) is 6.36. The maximum absolute atomic E-state index is 13.3. The molecule has 0 radical (unpaired) electrons. The van der Waals surface area contributed by atoms with Crippen LogP contribution in [0.15, 0.2) is 42.6 Å². The summed E-state index contributed by atoms with van der Waals surface area (Å²) in [5.41, 5.74) is 1.60. The fourth-order valence-corrected chi connectivity index (χ4v) is 4.16. The van der Waals surface area contributed by atoms with E-state index in [9.17, 15) is 9.59 Å². The third-order valence-electron chi connectivity index (χ3n) is 5.90. The van der Waals surface area contributed by atoms with Gasteiger partial charge in [-0.1, -0.05) is 12.1 Å². The zero-order valence-corrected chi connectivity index (χ0v) is 18.0. The van der Waals surface area contributed by atoms with Gasteiger partial charge in [-0.3, -0.25) is 9.59 Å². The highest BCUT2D eigenvalue weighted by molar-refractivity contribution is 5.95. The van der Waals surface area contributed by atoms with E-state index in [-0.39, 0.29) is 17.9 Å². The van der Waals surface area contributed by atoms with Crippen LogP contribution in [0.2, 0.25) is 0 Å². The summed E-state index contributed by atoms with van der Waals surface area (Å²) in [5.74, 6) is 1.52. The first kappa shape index (κ1) is 21.1. The lowest BCUT2D eigenvalue weighted by molar-refractivity contribution is -0.133. The van der Waals surface area contributed by atoms with Gasteiger partial charge in [-0.2, -0.15) is 0 Å². The van der Waals surface area contributed by atoms with E-state index in [1.165, 1.54) is 0 Å². The molecule has 8 nitrogen and oxygen atoms in total. The molecule has 1 aromatic heterocycles. The number of hydrogen-bond donors (Lipinski definition) is 0. The first-order valence-electron chi connectivity index (χ1n) is 10.6. The predicted molar refractivity (Wildman–Crippen MR) is 116 cm³/mol. The molecule has 0 N–H and O–H groups in total. The number of methoxy groups -OCH3 is 1. The third kappa shape index (κ3) is 4.64. The third-order valence-corrected chi connectivity index (χ3v) is 5.90. The van der Waals surface area contributed by atoms with Crippen LogP contribution in [0.5, 0.6) is 5.75 Å². The molecule has 2 aliphatic rings. The largest absolute Gasteiger partial charge is 0.497 e. The van der Waals surface area contributed by atoms with Crippen molar-refractivity contribution in [3.8, 4) is 5.75 Å². The molecule has 0 saturated carbocycles. The number of benzene rings is 1. The first-order valence-corrected chi connectivity index (χ1v) is 10.6. The Bertz CT molecular complexity index is 927. The molecule has 0 aliphatic carbocycles. The summed E-state index contributed by atoms with van der Waals surface area (Å²) >= 11 is 0. The summed E-state index contributed by atoms with van der Waals surface area (Å²) in [6, 6.07) is 11.1. The molecular formula is C23H28N4O4. The van der Waals surface area contributed by atoms with E-state index >= 15 is 0 Å². The van der Waals surface area contributed by atoms with Gasteiger partial charge in [0.05, 0.1) is 26.4 Å². The number of aromatic nitrogens is 1. The first-order chi connectivity index (χ1) is 15.1. The second-order valence-electron chi connectivity index (χ2n) is 7.75. The summed E-state index contributed by atoms with van der Waals surface area (Å²) in [7, 11) is 1.62. The number of piperazine rings is 1. The minimum absolute atomic E-state index is 0.00596. The van der Waals surface area contributed by atoms with E-state index < -0.39 is 0 Å². The molecule has 2 amide bonds. The number of pyridine rings is 1. The Balaban J connectivity index is 1.54. The standard InChI is InChI=1S/C23H28N4O4/c1-17(28)27-10-9-26(16-21(27)18-3-5-20(30-2)6-4-18)23(29)19-7-8-24-22(15-19)25-11-13-31-14-12-25/h3-8,15,21H,9-14,16H2,1-2H3. The summed E-state index contributed by atoms with van der Waals surface area (Å²) in [4.78, 5) is 35.8. The maximum Gasteiger partial charge on any atom is 0.254 e. The van der Waals surface area contributed by atoms with E-state index in [0.717, 1.165) is 30.2 Å². The second-order valence-corrected chi connectivity index (χ2v) is 7.75. The molecule has 164 valence electrons. The molecule has 2 aromatic rings. The van der Waals surface area contributed by atoms with Crippen molar-refractivity contribution >= 4 is 17.6 Å². The van der Waals surface area contributed by atoms with Gasteiger partial charge in [0.2, 0.25) is 5.91 Å². The fourth-order valence-electron chi connectivity index (χ4n) is 4.16. The van der Waals surface area contributed by atoms with Crippen LogP contribution in [0.25, 0.3) is 0 Å². The van der Waals surface area contributed by atoms with Gasteiger partial charge < -0.3 is 24.2 Å². The lowest BCUT2D eigenvalue weighted by Gasteiger charge is -2.41. The molecule has 0 spiro atoms. The zero-order valence-electron chi connectivity index (χ0n) is 18.0. The van der Waals surface area contributed by atoms with E-state index in [0.29, 0.717) is 38.4 Å². The molecule has 3 heterocycles. The molecule has 31 heavy (non-hydrogen) atoms. The highest BCUT2D eigenvalue weighted by Crippen LogP contribution is 2.28. The van der Waals surface area contributed by atoms with E-state index in [2.05, 4.69) is 9.88 Å². The van der Waals surface area contributed by atoms with E-state index in [4.69, 9.17) is 9.47 Å². The highest BCUT2D eigenvalue weighted by atomic mass is 16.5. The average molecular weight is 425 g/mol. The van der Waals surface area contributed by atoms with Crippen molar-refractivity contribution in [1.29, 1.82) is 0 Å². The van der Waals surface area contributed by atoms with Crippen molar-refractivity contribution in [2.75, 3.05) is 57.9 Å². The minimum Gasteiger partial charge on any atom is -0.497 e. The molecule has 8 heteroatoms. The number of morpholine rings is 1. The zero-order chi connectivity index (χ0) is 21.8. The SMILES string of the molecule is COc1ccc(C2CN(C(=O)c3ccnc(N4CCOCC4)c3)CCN2C(C)=O)cc1. The second kappa shape index (κ2) is 9.34. The molecule has 4 rings (SSSR count). The summed E-state index contributed by atoms with van der Waals surface area (Å²) in [6.07, 6.45) is 1.69. The number of amides is 2. The number of rotatable bonds is 4. The molecule has 1 aromatic carbocycles. The van der Waals surface area contributed by atoms with Crippen molar-refractivity contribution in [2.45, 2.75) is 13.0 Å². The fraction of sp³-hybridized carbons (Fsp3) is 0.435. The normalized spacial score (nSPS) is 19.3. The number of carbonyl (C=O) groups excluding carboxylic acids is 2. The van der Waals surface area contributed by atoms with Gasteiger partial charge in [0.25, 0.3) is 5.91 Å². The van der Waals surface area contributed by atoms with Crippen molar-refractivity contribution in [1.82, 2.24) is 14.8 Å². The van der Waals surface area contributed by atoms with Crippen molar-refractivity contribution < 1.29 is 19.1 Å². The predicted octanol–water partition coefficient (Wildman–Crippen LogP) is 1.97. The van der Waals surface area contributed by atoms with E-state index in [1.54, 1.807) is 26.3 Å². The molecule has 2 saturated heterocycles. The van der Waals surface area contributed by atoms with Crippen LogP contribution in [0, 0.1) is 0 Å². The van der Waals surface area contributed by atoms with E-state index in [1.807, 2.05) is 40.1 Å². The summed E-state index contributed by atoms with van der Waals surface area (Å²) in [5, 5.41) is 0. The van der Waals surface area contributed by atoms with Gasteiger partial charge in [0, 0.05) is 51.4 Å². The van der Waals surface area contributed by atoms with Crippen LogP contribution in [-0.4, -0.2) is 79.6 Å². The number of hydrogen-bond acceptors (Lipinski definition) is 6. The van der Waals surface area contributed by atoms with Crippen LogP contribution < -0.4 is 9.64 Å². The topological polar surface area (TPSA) is 75.2 Å². The van der Waals surface area contributed by atoms with Crippen molar-refractivity contribution in [3.05, 3.63) is 53.7 Å². The van der Waals surface area contributed by atoms with Gasteiger partial charge in [0.15, 0.2) is 0 Å². The van der Waals surface area contributed by atoms with Crippen LogP contribution in [-0.2, 0) is 9.53 Å². The quantitative estimate of drug-likeness (QED) is 0.747. The summed E-state index contributed by atoms with van der Waals surface area (Å²) in [6.45, 7) is 5.88. The number of carbonyl (C=O) groups is 2. The minimum atomic E-state index is -0.193. The lowest BCUT2D eigenvalue weighted by Crippen LogP contribution is -2.51. The molecule has 2 aliphatic heterocycles. The number of anilines is 1. The monoisotopic (exact) mass is 424 g/mol. The van der Waals surface area contributed by atoms with Crippen LogP contribution >= 0.6 is 0 Å². The Morgan fingerprint density at radius 2 is 1.81 bits per heavy atom. The number of ether oxygens (including phenoxy) is 2. The van der Waals surface area contributed by atoms with Gasteiger partial charge >= 0.3 is 0 Å². The molecular weight excluding hydrogens is 396 g/mol. The van der Waals surface area contributed by atoms with Crippen molar-refractivity contribution in [2.24, 2.45) is 0 Å². The van der Waals surface area contributed by atoms with Gasteiger partial charge in [-0.25, -0.2) is 4.98 Å². The number of nitrogens with zero attached hydrogens (tertiary/aromatic N) is 4. The lowest BCUT2D eigenvalue weighted by atomic mass is 10.0. The molecule has 2 fully saturated rings. The Morgan fingerprint density at radius 1 is 1.06 bits per heavy atom. The average Bonchev–Trinajstić information content (AvgIpc) is 2.84. The van der Waals surface area contributed by atoms with Crippen LogP contribution in [0.1, 0.15) is 28.9 Å². The molecule has 0 bridgehead atoms. The Morgan fingerprint density at radius 3 is 2.48 bits per heavy atom. The highest BCUT2D eigenvalue weighted by Gasteiger charge is 2.32. The molecule has 1 unspecified atom stereocenters. The van der Waals surface area contributed by atoms with Crippen LogP contribution in [0.4, 0.5) is 5.82 Å². The van der Waals surface area contributed by atoms with Gasteiger partial charge in [-0.15, -0.1) is 0 Å². The van der Waals surface area contributed by atoms with Gasteiger partial charge in [-0.05, 0) is 29.8 Å². The Labute approximate surface area is 182 Å². The molecule has 1 atom stereocenters. The Hall–Kier alpha value is -3.13. The smallest absolute Gasteiger partial charge is 0.254 e. The van der Waals surface area contributed by atoms with Crippen molar-refractivity contribution in [3.63, 3.8) is 0 Å². The summed E-state index contributed by atoms with van der Waals surface area (Å²) < 4.78 is 10.7. The van der Waals surface area contributed by atoms with Crippen LogP contribution in [0.3, 0.4) is 0 Å².